The Kier molecular flexibility index (Phi) is 5.15. The van der Waals surface area contributed by atoms with E-state index < -0.39 is 6.09 Å². The smallest absolute Gasteiger partial charge is 0.380 e. The normalized spacial score (nSPS) is 11.6. The van der Waals surface area contributed by atoms with Gasteiger partial charge in [0.05, 0.1) is 5.69 Å². The molecule has 4 rings (SSSR count). The first-order chi connectivity index (χ1) is 14.0. The van der Waals surface area contributed by atoms with Crippen LogP contribution in [0.4, 0.5) is 9.80 Å². The SMILES string of the molecule is Cc1c(NC(=O)O/N=C(\N)c2ccccc2)sc2nc(-c3ccc(Cl)cc3)nn12. The zero-order valence-electron chi connectivity index (χ0n) is 15.2. The lowest BCUT2D eigenvalue weighted by Crippen LogP contribution is -2.17. The molecule has 8 nitrogen and oxygen atoms in total. The summed E-state index contributed by atoms with van der Waals surface area (Å²) in [5.74, 6) is 0.679. The Hall–Kier alpha value is -3.43. The van der Waals surface area contributed by atoms with E-state index in [1.54, 1.807) is 28.8 Å². The molecule has 146 valence electrons. The fourth-order valence-corrected chi connectivity index (χ4v) is 3.62. The first kappa shape index (κ1) is 18.9. The van der Waals surface area contributed by atoms with Gasteiger partial charge in [-0.3, -0.25) is 10.2 Å². The number of amides is 1. The Morgan fingerprint density at radius 3 is 2.62 bits per heavy atom. The molecule has 0 fully saturated rings. The highest BCUT2D eigenvalue weighted by atomic mass is 35.5. The first-order valence-electron chi connectivity index (χ1n) is 8.50. The molecule has 0 radical (unpaired) electrons. The van der Waals surface area contributed by atoms with Gasteiger partial charge in [-0.2, -0.15) is 4.98 Å². The van der Waals surface area contributed by atoms with Crippen molar-refractivity contribution in [2.45, 2.75) is 6.92 Å². The molecule has 0 saturated carbocycles. The third-order valence-corrected chi connectivity index (χ3v) is 5.33. The fraction of sp³-hybridized carbons (Fsp3) is 0.0526. The van der Waals surface area contributed by atoms with E-state index in [4.69, 9.17) is 22.2 Å². The number of anilines is 1. The molecule has 29 heavy (non-hydrogen) atoms. The number of fused-ring (bicyclic) bond motifs is 1. The predicted molar refractivity (Wildman–Crippen MR) is 113 cm³/mol. The molecule has 2 heterocycles. The van der Waals surface area contributed by atoms with Gasteiger partial charge in [-0.25, -0.2) is 9.31 Å². The molecular formula is C19H15ClN6O2S. The minimum absolute atomic E-state index is 0.104. The second-order valence-electron chi connectivity index (χ2n) is 6.00. The number of carbonyl (C=O) groups is 1. The van der Waals surface area contributed by atoms with Crippen LogP contribution in [0.1, 0.15) is 11.3 Å². The van der Waals surface area contributed by atoms with E-state index in [1.165, 1.54) is 11.3 Å². The molecule has 2 aromatic carbocycles. The van der Waals surface area contributed by atoms with E-state index in [1.807, 2.05) is 37.3 Å². The molecule has 0 spiro atoms. The van der Waals surface area contributed by atoms with E-state index in [2.05, 4.69) is 20.6 Å². The standard InChI is InChI=1S/C19H15ClN6O2S/c1-11-17(23-19(27)28-25-15(21)12-5-3-2-4-6-12)29-18-22-16(24-26(11)18)13-7-9-14(20)10-8-13/h2-10H,1H3,(H2,21,25)(H,23,27). The molecular weight excluding hydrogens is 412 g/mol. The number of hydrogen-bond acceptors (Lipinski definition) is 6. The number of amidine groups is 1. The zero-order valence-corrected chi connectivity index (χ0v) is 16.7. The van der Waals surface area contributed by atoms with E-state index in [-0.39, 0.29) is 5.84 Å². The number of aryl methyl sites for hydroxylation is 1. The van der Waals surface area contributed by atoms with E-state index in [0.29, 0.717) is 26.4 Å². The number of nitrogens with two attached hydrogens (primary N) is 1. The van der Waals surface area contributed by atoms with Crippen molar-refractivity contribution in [3.63, 3.8) is 0 Å². The van der Waals surface area contributed by atoms with Gasteiger partial charge in [0.25, 0.3) is 0 Å². The number of benzene rings is 2. The molecule has 0 atom stereocenters. The molecule has 0 aliphatic heterocycles. The van der Waals surface area contributed by atoms with Crippen molar-refractivity contribution < 1.29 is 9.63 Å². The minimum atomic E-state index is -0.755. The summed E-state index contributed by atoms with van der Waals surface area (Å²) in [6.07, 6.45) is -0.755. The quantitative estimate of drug-likeness (QED) is 0.219. The number of hydrogen-bond donors (Lipinski definition) is 2. The van der Waals surface area contributed by atoms with Gasteiger partial charge in [-0.15, -0.1) is 5.10 Å². The lowest BCUT2D eigenvalue weighted by atomic mass is 10.2. The summed E-state index contributed by atoms with van der Waals surface area (Å²) in [5, 5.41) is 12.0. The number of carbonyl (C=O) groups excluding carboxylic acids is 1. The van der Waals surface area contributed by atoms with Gasteiger partial charge >= 0.3 is 6.09 Å². The van der Waals surface area contributed by atoms with E-state index in [9.17, 15) is 4.79 Å². The number of nitrogens with zero attached hydrogens (tertiary/aromatic N) is 4. The van der Waals surface area contributed by atoms with Gasteiger partial charge in [0.1, 0.15) is 5.00 Å². The van der Waals surface area contributed by atoms with Gasteiger partial charge in [0.15, 0.2) is 11.7 Å². The van der Waals surface area contributed by atoms with Gasteiger partial charge < -0.3 is 5.73 Å². The maximum absolute atomic E-state index is 12.1. The van der Waals surface area contributed by atoms with Crippen LogP contribution in [0.3, 0.4) is 0 Å². The van der Waals surface area contributed by atoms with Gasteiger partial charge in [-0.05, 0) is 31.2 Å². The van der Waals surface area contributed by atoms with Crippen LogP contribution in [-0.2, 0) is 4.84 Å². The molecule has 0 bridgehead atoms. The third-order valence-electron chi connectivity index (χ3n) is 4.03. The van der Waals surface area contributed by atoms with Crippen LogP contribution in [0, 0.1) is 6.92 Å². The second kappa shape index (κ2) is 7.90. The van der Waals surface area contributed by atoms with Gasteiger partial charge in [0.2, 0.25) is 4.96 Å². The second-order valence-corrected chi connectivity index (χ2v) is 7.41. The molecule has 0 unspecified atom stereocenters. The number of aromatic nitrogens is 3. The van der Waals surface area contributed by atoms with Gasteiger partial charge in [0, 0.05) is 16.1 Å². The van der Waals surface area contributed by atoms with Crippen molar-refractivity contribution in [2.75, 3.05) is 5.32 Å². The molecule has 1 amide bonds. The van der Waals surface area contributed by atoms with Crippen LogP contribution < -0.4 is 11.1 Å². The van der Waals surface area contributed by atoms with Crippen LogP contribution >= 0.6 is 22.9 Å². The summed E-state index contributed by atoms with van der Waals surface area (Å²) in [6.45, 7) is 1.82. The Bertz CT molecular complexity index is 1200. The number of nitrogens with one attached hydrogen (secondary N) is 1. The maximum Gasteiger partial charge on any atom is 0.438 e. The Morgan fingerprint density at radius 1 is 1.21 bits per heavy atom. The van der Waals surface area contributed by atoms with Crippen LogP contribution in [0.5, 0.6) is 0 Å². The number of halogens is 1. The fourth-order valence-electron chi connectivity index (χ4n) is 2.55. The average molecular weight is 427 g/mol. The van der Waals surface area contributed by atoms with Crippen LogP contribution in [-0.4, -0.2) is 26.5 Å². The molecule has 0 saturated heterocycles. The minimum Gasteiger partial charge on any atom is -0.380 e. The third kappa shape index (κ3) is 4.05. The lowest BCUT2D eigenvalue weighted by molar-refractivity contribution is 0.166. The summed E-state index contributed by atoms with van der Waals surface area (Å²) < 4.78 is 1.66. The number of rotatable bonds is 4. The number of oxime groups is 1. The van der Waals surface area contributed by atoms with E-state index in [0.717, 1.165) is 11.3 Å². The predicted octanol–water partition coefficient (Wildman–Crippen LogP) is 4.29. The van der Waals surface area contributed by atoms with Crippen molar-refractivity contribution in [1.29, 1.82) is 0 Å². The molecule has 0 aliphatic carbocycles. The molecule has 3 N–H and O–H groups in total. The zero-order chi connectivity index (χ0) is 20.4. The highest BCUT2D eigenvalue weighted by Crippen LogP contribution is 2.29. The Balaban J connectivity index is 1.48. The van der Waals surface area contributed by atoms with Crippen LogP contribution in [0.2, 0.25) is 5.02 Å². The molecule has 10 heteroatoms. The maximum atomic E-state index is 12.1. The molecule has 2 aromatic heterocycles. The van der Waals surface area contributed by atoms with Crippen LogP contribution in [0.15, 0.2) is 59.8 Å². The molecule has 0 aliphatic rings. The number of thiazole rings is 1. The molecule has 4 aromatic rings. The van der Waals surface area contributed by atoms with E-state index >= 15 is 0 Å². The summed E-state index contributed by atoms with van der Waals surface area (Å²) in [4.78, 5) is 22.1. The summed E-state index contributed by atoms with van der Waals surface area (Å²) in [7, 11) is 0. The lowest BCUT2D eigenvalue weighted by Gasteiger charge is -2.02. The summed E-state index contributed by atoms with van der Waals surface area (Å²) in [5.41, 5.74) is 8.03. The van der Waals surface area contributed by atoms with Crippen molar-refractivity contribution in [3.8, 4) is 11.4 Å². The van der Waals surface area contributed by atoms with Crippen molar-refractivity contribution in [3.05, 3.63) is 70.9 Å². The topological polar surface area (TPSA) is 107 Å². The Morgan fingerprint density at radius 2 is 1.93 bits per heavy atom. The average Bonchev–Trinajstić information content (AvgIpc) is 3.27. The highest BCUT2D eigenvalue weighted by Gasteiger charge is 2.16. The van der Waals surface area contributed by atoms with Gasteiger partial charge in [-0.1, -0.05) is 58.4 Å². The van der Waals surface area contributed by atoms with Crippen molar-refractivity contribution in [1.82, 2.24) is 14.6 Å². The van der Waals surface area contributed by atoms with Crippen LogP contribution in [0.25, 0.3) is 16.3 Å². The highest BCUT2D eigenvalue weighted by molar-refractivity contribution is 7.21. The Labute approximate surface area is 174 Å². The summed E-state index contributed by atoms with van der Waals surface area (Å²) in [6, 6.07) is 16.3. The first-order valence-corrected chi connectivity index (χ1v) is 9.69. The summed E-state index contributed by atoms with van der Waals surface area (Å²) >= 11 is 7.19. The van der Waals surface area contributed by atoms with Crippen molar-refractivity contribution in [2.24, 2.45) is 10.9 Å². The van der Waals surface area contributed by atoms with Crippen molar-refractivity contribution >= 4 is 44.8 Å². The monoisotopic (exact) mass is 426 g/mol. The largest absolute Gasteiger partial charge is 0.438 e.